The van der Waals surface area contributed by atoms with Crippen molar-refractivity contribution in [3.8, 4) is 11.8 Å². The van der Waals surface area contributed by atoms with Crippen LogP contribution in [-0.4, -0.2) is 24.2 Å². The molecule has 0 saturated heterocycles. The quantitative estimate of drug-likeness (QED) is 0.836. The first-order valence-corrected chi connectivity index (χ1v) is 9.06. The number of anilines is 1. The van der Waals surface area contributed by atoms with Gasteiger partial charge >= 0.3 is 0 Å². The van der Waals surface area contributed by atoms with Crippen molar-refractivity contribution in [1.29, 1.82) is 5.26 Å². The lowest BCUT2D eigenvalue weighted by atomic mass is 9.78. The van der Waals surface area contributed by atoms with Crippen LogP contribution in [-0.2, 0) is 9.53 Å². The van der Waals surface area contributed by atoms with Crippen LogP contribution in [0.25, 0.3) is 0 Å². The molecule has 0 aliphatic heterocycles. The third-order valence-corrected chi connectivity index (χ3v) is 4.52. The summed E-state index contributed by atoms with van der Waals surface area (Å²) in [6, 6.07) is 7.29. The van der Waals surface area contributed by atoms with Gasteiger partial charge in [-0.2, -0.15) is 5.26 Å². The number of carbonyl (C=O) groups is 1. The van der Waals surface area contributed by atoms with Gasteiger partial charge in [0.25, 0.3) is 5.91 Å². The van der Waals surface area contributed by atoms with Gasteiger partial charge in [0, 0.05) is 12.7 Å². The molecule has 25 heavy (non-hydrogen) atoms. The van der Waals surface area contributed by atoms with Crippen molar-refractivity contribution in [3.05, 3.63) is 23.8 Å². The minimum absolute atomic E-state index is 0.0249. The van der Waals surface area contributed by atoms with Gasteiger partial charge in [0.1, 0.15) is 17.4 Å². The van der Waals surface area contributed by atoms with E-state index in [9.17, 15) is 10.1 Å². The van der Waals surface area contributed by atoms with Gasteiger partial charge in [0.2, 0.25) is 0 Å². The lowest BCUT2D eigenvalue weighted by Crippen LogP contribution is -2.48. The molecule has 1 N–H and O–H groups in total. The van der Waals surface area contributed by atoms with Gasteiger partial charge in [-0.15, -0.1) is 0 Å². The fraction of sp³-hybridized carbons (Fsp3) is 0.600. The van der Waals surface area contributed by atoms with E-state index in [1.165, 1.54) is 0 Å². The molecule has 1 aliphatic carbocycles. The molecule has 5 nitrogen and oxygen atoms in total. The first kappa shape index (κ1) is 19.3. The van der Waals surface area contributed by atoms with Crippen LogP contribution in [0.15, 0.2) is 18.2 Å². The Morgan fingerprint density at radius 2 is 2.24 bits per heavy atom. The third kappa shape index (κ3) is 4.73. The van der Waals surface area contributed by atoms with Gasteiger partial charge in [0.15, 0.2) is 0 Å². The first-order valence-electron chi connectivity index (χ1n) is 9.06. The average Bonchev–Trinajstić information content (AvgIpc) is 2.55. The predicted octanol–water partition coefficient (Wildman–Crippen LogP) is 4.27. The van der Waals surface area contributed by atoms with Crippen LogP contribution in [0.1, 0.15) is 58.9 Å². The van der Waals surface area contributed by atoms with Crippen molar-refractivity contribution in [1.82, 2.24) is 0 Å². The second-order valence-electron chi connectivity index (χ2n) is 7.07. The number of nitrogens with zero attached hydrogens (tertiary/aromatic N) is 1. The number of hydrogen-bond donors (Lipinski definition) is 1. The number of rotatable bonds is 6. The number of nitrogens with one attached hydrogen (secondary N) is 1. The molecule has 0 unspecified atom stereocenters. The van der Waals surface area contributed by atoms with Crippen LogP contribution < -0.4 is 10.1 Å². The molecule has 0 bridgehead atoms. The summed E-state index contributed by atoms with van der Waals surface area (Å²) in [4.78, 5) is 13.0. The second kappa shape index (κ2) is 8.35. The van der Waals surface area contributed by atoms with E-state index in [2.05, 4.69) is 18.3 Å². The Bertz CT molecular complexity index is 647. The van der Waals surface area contributed by atoms with Gasteiger partial charge < -0.3 is 14.8 Å². The first-order chi connectivity index (χ1) is 11.9. The maximum atomic E-state index is 13.0. The van der Waals surface area contributed by atoms with Crippen LogP contribution in [0.3, 0.4) is 0 Å². The molecular weight excluding hydrogens is 316 g/mol. The van der Waals surface area contributed by atoms with E-state index in [1.807, 2.05) is 20.8 Å². The summed E-state index contributed by atoms with van der Waals surface area (Å²) in [6.45, 7) is 8.41. The van der Waals surface area contributed by atoms with Crippen LogP contribution in [0.5, 0.6) is 5.75 Å². The molecule has 2 rings (SSSR count). The Kier molecular flexibility index (Phi) is 6.44. The summed E-state index contributed by atoms with van der Waals surface area (Å²) in [6.07, 6.45) is 3.54. The van der Waals surface area contributed by atoms with Gasteiger partial charge in [-0.1, -0.05) is 13.3 Å². The van der Waals surface area contributed by atoms with E-state index in [-0.39, 0.29) is 12.0 Å². The summed E-state index contributed by atoms with van der Waals surface area (Å²) in [7, 11) is 0. The summed E-state index contributed by atoms with van der Waals surface area (Å²) in [5.74, 6) is 0.911. The normalized spacial score (nSPS) is 23.1. The number of ether oxygens (including phenoxy) is 2. The molecule has 136 valence electrons. The zero-order valence-corrected chi connectivity index (χ0v) is 15.6. The summed E-state index contributed by atoms with van der Waals surface area (Å²) < 4.78 is 11.5. The topological polar surface area (TPSA) is 71.3 Å². The number of carbonyl (C=O) groups excluding carboxylic acids is 1. The van der Waals surface area contributed by atoms with Crippen LogP contribution >= 0.6 is 0 Å². The Hall–Kier alpha value is -2.06. The number of hydrogen-bond acceptors (Lipinski definition) is 4. The molecule has 1 aromatic rings. The largest absolute Gasteiger partial charge is 0.491 e. The monoisotopic (exact) mass is 344 g/mol. The van der Waals surface area contributed by atoms with E-state index >= 15 is 0 Å². The number of nitriles is 1. The molecule has 1 amide bonds. The van der Waals surface area contributed by atoms with E-state index < -0.39 is 5.60 Å². The Balaban J connectivity index is 2.22. The highest BCUT2D eigenvalue weighted by molar-refractivity contribution is 5.98. The van der Waals surface area contributed by atoms with Crippen molar-refractivity contribution in [2.24, 2.45) is 5.92 Å². The molecule has 5 heteroatoms. The molecule has 0 spiro atoms. The highest BCUT2D eigenvalue weighted by Gasteiger charge is 2.42. The van der Waals surface area contributed by atoms with Crippen LogP contribution in [0, 0.1) is 17.2 Å². The van der Waals surface area contributed by atoms with Gasteiger partial charge in [-0.25, -0.2) is 0 Å². The standard InChI is InChI=1S/C20H28N2O3/c1-5-24-20(10-6-7-15(4)12-20)19(23)22-18-9-8-17(25-14(2)3)11-16(18)13-21/h8-9,11,14-15H,5-7,10,12H2,1-4H3,(H,22,23)/t15-,20-/m0/s1. The fourth-order valence-electron chi connectivity index (χ4n) is 3.49. The molecule has 0 heterocycles. The van der Waals surface area contributed by atoms with Crippen molar-refractivity contribution in [2.75, 3.05) is 11.9 Å². The SMILES string of the molecule is CCO[C@@]1(C(=O)Nc2ccc(OC(C)C)cc2C#N)CCC[C@H](C)C1. The fourth-order valence-corrected chi connectivity index (χ4v) is 3.49. The minimum Gasteiger partial charge on any atom is -0.491 e. The predicted molar refractivity (Wildman–Crippen MR) is 97.5 cm³/mol. The Morgan fingerprint density at radius 3 is 2.84 bits per heavy atom. The Morgan fingerprint density at radius 1 is 1.48 bits per heavy atom. The molecule has 1 aliphatic rings. The minimum atomic E-state index is -0.799. The summed E-state index contributed by atoms with van der Waals surface area (Å²) >= 11 is 0. The Labute approximate surface area is 150 Å². The van der Waals surface area contributed by atoms with Crippen LogP contribution in [0.4, 0.5) is 5.69 Å². The van der Waals surface area contributed by atoms with E-state index in [0.29, 0.717) is 42.4 Å². The number of amides is 1. The lowest BCUT2D eigenvalue weighted by Gasteiger charge is -2.38. The smallest absolute Gasteiger partial charge is 0.256 e. The average molecular weight is 344 g/mol. The third-order valence-electron chi connectivity index (χ3n) is 4.52. The second-order valence-corrected chi connectivity index (χ2v) is 7.07. The zero-order valence-electron chi connectivity index (χ0n) is 15.6. The highest BCUT2D eigenvalue weighted by Crippen LogP contribution is 2.36. The highest BCUT2D eigenvalue weighted by atomic mass is 16.5. The maximum absolute atomic E-state index is 13.0. The number of benzene rings is 1. The van der Waals surface area contributed by atoms with E-state index in [4.69, 9.17) is 9.47 Å². The van der Waals surface area contributed by atoms with Gasteiger partial charge in [0.05, 0.1) is 17.4 Å². The van der Waals surface area contributed by atoms with Gasteiger partial charge in [-0.3, -0.25) is 4.79 Å². The van der Waals surface area contributed by atoms with E-state index in [0.717, 1.165) is 12.8 Å². The molecule has 2 atom stereocenters. The summed E-state index contributed by atoms with van der Waals surface area (Å²) in [5, 5.41) is 12.3. The lowest BCUT2D eigenvalue weighted by molar-refractivity contribution is -0.147. The van der Waals surface area contributed by atoms with Crippen molar-refractivity contribution in [2.45, 2.75) is 65.1 Å². The van der Waals surface area contributed by atoms with Crippen molar-refractivity contribution < 1.29 is 14.3 Å². The van der Waals surface area contributed by atoms with Crippen molar-refractivity contribution in [3.63, 3.8) is 0 Å². The molecule has 0 radical (unpaired) electrons. The van der Waals surface area contributed by atoms with E-state index in [1.54, 1.807) is 18.2 Å². The van der Waals surface area contributed by atoms with Crippen molar-refractivity contribution >= 4 is 11.6 Å². The molecule has 1 fully saturated rings. The summed E-state index contributed by atoms with van der Waals surface area (Å²) in [5.41, 5.74) is 0.0922. The molecular formula is C20H28N2O3. The molecule has 1 saturated carbocycles. The van der Waals surface area contributed by atoms with Gasteiger partial charge in [-0.05, 0) is 58.1 Å². The molecule has 1 aromatic carbocycles. The zero-order chi connectivity index (χ0) is 18.4. The maximum Gasteiger partial charge on any atom is 0.256 e. The molecule has 0 aromatic heterocycles. The van der Waals surface area contributed by atoms with Crippen LogP contribution in [0.2, 0.25) is 0 Å².